The highest BCUT2D eigenvalue weighted by Gasteiger charge is 2.00. The Bertz CT molecular complexity index is 800. The molecule has 3 aromatic rings. The highest BCUT2D eigenvalue weighted by atomic mass is 35.5. The number of H-pyrrole nitrogens is 1. The summed E-state index contributed by atoms with van der Waals surface area (Å²) in [6.07, 6.45) is 0. The highest BCUT2D eigenvalue weighted by molar-refractivity contribution is 5.85. The third-order valence-electron chi connectivity index (χ3n) is 2.98. The van der Waals surface area contributed by atoms with Gasteiger partial charge >= 0.3 is 0 Å². The lowest BCUT2D eigenvalue weighted by Crippen LogP contribution is -2.06. The molecule has 1 aromatic carbocycles. The lowest BCUT2D eigenvalue weighted by molar-refractivity contribution is 0.475. The molecule has 2 aromatic heterocycles. The average Bonchev–Trinajstić information content (AvgIpc) is 2.46. The summed E-state index contributed by atoms with van der Waals surface area (Å²) in [5, 5.41) is 13.3. The summed E-state index contributed by atoms with van der Waals surface area (Å²) in [5.74, 6) is 0.233. The minimum absolute atomic E-state index is 0. The number of hydrogen-bond acceptors (Lipinski definition) is 4. The van der Waals surface area contributed by atoms with Gasteiger partial charge in [-0.1, -0.05) is 0 Å². The van der Waals surface area contributed by atoms with E-state index in [1.807, 2.05) is 12.1 Å². The van der Waals surface area contributed by atoms with Gasteiger partial charge in [0.05, 0.1) is 12.2 Å². The van der Waals surface area contributed by atoms with E-state index < -0.39 is 0 Å². The number of halogens is 1. The zero-order valence-corrected chi connectivity index (χ0v) is 11.9. The number of fused-ring (bicyclic) bond motifs is 1. The summed E-state index contributed by atoms with van der Waals surface area (Å²) in [7, 11) is 0. The second kappa shape index (κ2) is 6.28. The number of pyridine rings is 2. The van der Waals surface area contributed by atoms with Crippen LogP contribution in [-0.2, 0) is 6.54 Å². The molecule has 0 fully saturated rings. The molecule has 3 N–H and O–H groups in total. The number of benzene rings is 1. The molecular weight excluding hydrogens is 290 g/mol. The molecule has 0 unspecified atom stereocenters. The Kier molecular flexibility index (Phi) is 4.45. The van der Waals surface area contributed by atoms with Crippen LogP contribution in [0, 0.1) is 0 Å². The van der Waals surface area contributed by atoms with Crippen molar-refractivity contribution in [1.29, 1.82) is 0 Å². The van der Waals surface area contributed by atoms with Crippen LogP contribution in [0.3, 0.4) is 0 Å². The van der Waals surface area contributed by atoms with Gasteiger partial charge in [-0.05, 0) is 42.5 Å². The zero-order chi connectivity index (χ0) is 13.9. The number of aromatic nitrogens is 2. The Hall–Kier alpha value is -2.53. The van der Waals surface area contributed by atoms with Crippen LogP contribution in [0.4, 0.5) is 5.69 Å². The number of aromatic amines is 1. The molecule has 0 spiro atoms. The predicted octanol–water partition coefficient (Wildman–Crippen LogP) is 2.66. The molecule has 2 heterocycles. The second-order valence-electron chi connectivity index (χ2n) is 4.46. The summed E-state index contributed by atoms with van der Waals surface area (Å²) in [4.78, 5) is 18.4. The molecule has 0 amide bonds. The van der Waals surface area contributed by atoms with Gasteiger partial charge in [-0.25, -0.2) is 4.98 Å². The van der Waals surface area contributed by atoms with E-state index in [9.17, 15) is 9.90 Å². The maximum absolute atomic E-state index is 11.3. The Morgan fingerprint density at radius 1 is 1.05 bits per heavy atom. The SMILES string of the molecule is Cl.O=c1ccc2ccc(CNc3ccc(O)cc3)nc2[nH]1. The molecule has 0 saturated carbocycles. The van der Waals surface area contributed by atoms with Crippen molar-refractivity contribution in [2.45, 2.75) is 6.54 Å². The smallest absolute Gasteiger partial charge is 0.249 e. The first-order chi connectivity index (χ1) is 9.70. The molecule has 0 saturated heterocycles. The number of phenolic OH excluding ortho intramolecular Hbond substituents is 1. The quantitative estimate of drug-likeness (QED) is 0.650. The Balaban J connectivity index is 0.00000161. The molecule has 0 atom stereocenters. The summed E-state index contributed by atoms with van der Waals surface area (Å²) >= 11 is 0. The van der Waals surface area contributed by atoms with Crippen molar-refractivity contribution in [3.8, 4) is 5.75 Å². The fourth-order valence-corrected chi connectivity index (χ4v) is 1.94. The zero-order valence-electron chi connectivity index (χ0n) is 11.0. The summed E-state index contributed by atoms with van der Waals surface area (Å²) in [6.45, 7) is 0.539. The van der Waals surface area contributed by atoms with Gasteiger partial charge in [0.15, 0.2) is 0 Å². The minimum atomic E-state index is -0.159. The number of hydrogen-bond donors (Lipinski definition) is 3. The Labute approximate surface area is 127 Å². The largest absolute Gasteiger partial charge is 0.508 e. The van der Waals surface area contributed by atoms with Crippen LogP contribution in [0.25, 0.3) is 11.0 Å². The molecule has 0 aliphatic carbocycles. The van der Waals surface area contributed by atoms with Crippen molar-refractivity contribution in [3.05, 3.63) is 64.6 Å². The first-order valence-corrected chi connectivity index (χ1v) is 6.22. The lowest BCUT2D eigenvalue weighted by Gasteiger charge is -2.06. The normalized spacial score (nSPS) is 10.1. The Morgan fingerprint density at radius 3 is 2.52 bits per heavy atom. The van der Waals surface area contributed by atoms with E-state index in [0.29, 0.717) is 12.2 Å². The molecule has 3 rings (SSSR count). The maximum atomic E-state index is 11.3. The number of anilines is 1. The van der Waals surface area contributed by atoms with Crippen LogP contribution < -0.4 is 10.9 Å². The van der Waals surface area contributed by atoms with Gasteiger partial charge in [0, 0.05) is 17.1 Å². The molecule has 108 valence electrons. The summed E-state index contributed by atoms with van der Waals surface area (Å²) in [6, 6.07) is 13.9. The van der Waals surface area contributed by atoms with E-state index in [1.165, 1.54) is 6.07 Å². The third-order valence-corrected chi connectivity index (χ3v) is 2.98. The van der Waals surface area contributed by atoms with Crippen LogP contribution in [0.5, 0.6) is 5.75 Å². The highest BCUT2D eigenvalue weighted by Crippen LogP contribution is 2.15. The van der Waals surface area contributed by atoms with E-state index in [0.717, 1.165) is 16.8 Å². The predicted molar refractivity (Wildman–Crippen MR) is 85.0 cm³/mol. The minimum Gasteiger partial charge on any atom is -0.508 e. The van der Waals surface area contributed by atoms with Gasteiger partial charge < -0.3 is 15.4 Å². The fraction of sp³-hybridized carbons (Fsp3) is 0.0667. The van der Waals surface area contributed by atoms with Gasteiger partial charge in [-0.2, -0.15) is 0 Å². The van der Waals surface area contributed by atoms with E-state index in [-0.39, 0.29) is 23.7 Å². The first kappa shape index (κ1) is 14.9. The maximum Gasteiger partial charge on any atom is 0.249 e. The van der Waals surface area contributed by atoms with Gasteiger partial charge in [-0.3, -0.25) is 4.79 Å². The topological polar surface area (TPSA) is 78.0 Å². The fourth-order valence-electron chi connectivity index (χ4n) is 1.94. The Morgan fingerprint density at radius 2 is 1.76 bits per heavy atom. The molecule has 21 heavy (non-hydrogen) atoms. The lowest BCUT2D eigenvalue weighted by atomic mass is 10.2. The number of nitrogens with zero attached hydrogens (tertiary/aromatic N) is 1. The average molecular weight is 304 g/mol. The van der Waals surface area contributed by atoms with Crippen LogP contribution in [0.2, 0.25) is 0 Å². The second-order valence-corrected chi connectivity index (χ2v) is 4.46. The van der Waals surface area contributed by atoms with Gasteiger partial charge in [-0.15, -0.1) is 12.4 Å². The number of rotatable bonds is 3. The first-order valence-electron chi connectivity index (χ1n) is 6.22. The van der Waals surface area contributed by atoms with Crippen LogP contribution in [-0.4, -0.2) is 15.1 Å². The van der Waals surface area contributed by atoms with E-state index in [1.54, 1.807) is 30.3 Å². The molecule has 0 bridgehead atoms. The van der Waals surface area contributed by atoms with Crippen molar-refractivity contribution < 1.29 is 5.11 Å². The number of phenols is 1. The van der Waals surface area contributed by atoms with Crippen molar-refractivity contribution in [2.75, 3.05) is 5.32 Å². The van der Waals surface area contributed by atoms with Crippen LogP contribution in [0.15, 0.2) is 53.3 Å². The van der Waals surface area contributed by atoms with Crippen molar-refractivity contribution in [2.24, 2.45) is 0 Å². The van der Waals surface area contributed by atoms with Crippen molar-refractivity contribution in [3.63, 3.8) is 0 Å². The van der Waals surface area contributed by atoms with Gasteiger partial charge in [0.1, 0.15) is 11.4 Å². The van der Waals surface area contributed by atoms with Crippen LogP contribution in [0.1, 0.15) is 5.69 Å². The van der Waals surface area contributed by atoms with Gasteiger partial charge in [0.2, 0.25) is 5.56 Å². The molecule has 0 aliphatic heterocycles. The molecule has 0 aliphatic rings. The summed E-state index contributed by atoms with van der Waals surface area (Å²) < 4.78 is 0. The van der Waals surface area contributed by atoms with E-state index in [2.05, 4.69) is 15.3 Å². The number of aromatic hydroxyl groups is 1. The van der Waals surface area contributed by atoms with Crippen molar-refractivity contribution in [1.82, 2.24) is 9.97 Å². The standard InChI is InChI=1S/C15H13N3O2.ClH/c19-13-6-4-11(5-7-13)16-9-12-3-1-10-2-8-14(20)18-15(10)17-12;/h1-8,16,19H,9H2,(H,17,18,20);1H. The monoisotopic (exact) mass is 303 g/mol. The third kappa shape index (κ3) is 3.52. The molecule has 5 nitrogen and oxygen atoms in total. The van der Waals surface area contributed by atoms with Crippen LogP contribution >= 0.6 is 12.4 Å². The van der Waals surface area contributed by atoms with Crippen molar-refractivity contribution >= 4 is 29.1 Å². The van der Waals surface area contributed by atoms with E-state index >= 15 is 0 Å². The molecular formula is C15H14ClN3O2. The van der Waals surface area contributed by atoms with E-state index in [4.69, 9.17) is 0 Å². The number of nitrogens with one attached hydrogen (secondary N) is 2. The molecule has 6 heteroatoms. The van der Waals surface area contributed by atoms with Gasteiger partial charge in [0.25, 0.3) is 0 Å². The molecule has 0 radical (unpaired) electrons. The summed E-state index contributed by atoms with van der Waals surface area (Å²) in [5.41, 5.74) is 2.15.